The minimum atomic E-state index is -0.250. The minimum absolute atomic E-state index is 0. The van der Waals surface area contributed by atoms with Crippen molar-refractivity contribution in [3.05, 3.63) is 0 Å². The minimum Gasteiger partial charge on any atom is -0.483 e. The van der Waals surface area contributed by atoms with Crippen LogP contribution < -0.4 is 0 Å². The summed E-state index contributed by atoms with van der Waals surface area (Å²) in [6.45, 7) is -0.750. The summed E-state index contributed by atoms with van der Waals surface area (Å²) >= 11 is 0. The van der Waals surface area contributed by atoms with E-state index in [2.05, 4.69) is 0 Å². The first kappa shape index (κ1) is 22.6. The number of carbonyl (C=O) groups is 3. The molecule has 7 heteroatoms. The largest absolute Gasteiger partial charge is 0.483 e. The average Bonchev–Trinajstić information content (AvgIpc) is 1.70. The maximum atomic E-state index is 8.36. The molecule has 0 aromatic carbocycles. The topological polar surface area (TPSA) is 112 Å². The zero-order chi connectivity index (χ0) is 8.12. The van der Waals surface area contributed by atoms with Crippen molar-refractivity contribution < 1.29 is 71.5 Å². The Balaban J connectivity index is -0.0000000257. The molecule has 0 saturated carbocycles. The third-order valence-electron chi connectivity index (χ3n) is 0. The second-order valence-corrected chi connectivity index (χ2v) is 0.316. The maximum absolute atomic E-state index is 8.36. The Bertz CT molecular complexity index is 49.7. The van der Waals surface area contributed by atoms with E-state index < -0.39 is 0 Å². The molecule has 3 N–H and O–H groups in total. The second kappa shape index (κ2) is 68.6. The van der Waals surface area contributed by atoms with E-state index >= 15 is 0 Å². The van der Waals surface area contributed by atoms with Gasteiger partial charge in [-0.3, -0.25) is 14.4 Å². The van der Waals surface area contributed by atoms with E-state index in [0.29, 0.717) is 0 Å². The van der Waals surface area contributed by atoms with Crippen molar-refractivity contribution in [3.63, 3.8) is 0 Å². The average molecular weight is 278 g/mol. The van der Waals surface area contributed by atoms with Crippen LogP contribution in [-0.2, 0) is 14.4 Å². The van der Waals surface area contributed by atoms with Crippen molar-refractivity contribution in [2.75, 3.05) is 0 Å². The van der Waals surface area contributed by atoms with E-state index in [9.17, 15) is 0 Å². The summed E-state index contributed by atoms with van der Waals surface area (Å²) in [7, 11) is 0. The van der Waals surface area contributed by atoms with Gasteiger partial charge in [0.2, 0.25) is 0 Å². The summed E-state index contributed by atoms with van der Waals surface area (Å²) in [5.41, 5.74) is 0. The van der Waals surface area contributed by atoms with Gasteiger partial charge in [-0.25, -0.2) is 0 Å². The van der Waals surface area contributed by atoms with Crippen molar-refractivity contribution >= 4 is 19.4 Å². The first-order valence-corrected chi connectivity index (χ1v) is 1.48. The van der Waals surface area contributed by atoms with Crippen LogP contribution in [0, 0.1) is 41.7 Å². The van der Waals surface area contributed by atoms with Gasteiger partial charge in [0, 0.05) is 41.7 Å². The molecule has 6 nitrogen and oxygen atoms in total. The van der Waals surface area contributed by atoms with Gasteiger partial charge >= 0.3 is 0 Å². The zero-order valence-corrected chi connectivity index (χ0v) is 7.94. The first-order chi connectivity index (χ1) is 4.24. The Morgan fingerprint density at radius 3 is 0.700 bits per heavy atom. The zero-order valence-electron chi connectivity index (χ0n) is 4.80. The van der Waals surface area contributed by atoms with E-state index in [1.165, 1.54) is 0 Å². The Morgan fingerprint density at radius 1 is 0.700 bits per heavy atom. The molecule has 10 heavy (non-hydrogen) atoms. The fourth-order valence-electron chi connectivity index (χ4n) is 0. The molecule has 0 radical (unpaired) electrons. The summed E-state index contributed by atoms with van der Waals surface area (Å²) in [4.78, 5) is 25.1. The van der Waals surface area contributed by atoms with Crippen molar-refractivity contribution in [2.24, 2.45) is 0 Å². The normalized spacial score (nSPS) is 3.60. The SMILES string of the molecule is O=CO.O=CO.O=CO.[Ce]. The molecule has 0 aliphatic rings. The predicted octanol–water partition coefficient (Wildman–Crippen LogP) is -0.898. The summed E-state index contributed by atoms with van der Waals surface area (Å²) < 4.78 is 0. The van der Waals surface area contributed by atoms with Gasteiger partial charge in [-0.2, -0.15) is 0 Å². The van der Waals surface area contributed by atoms with Crippen molar-refractivity contribution in [1.82, 2.24) is 0 Å². The molecular weight excluding hydrogens is 272 g/mol. The molecule has 0 aromatic rings. The van der Waals surface area contributed by atoms with Crippen LogP contribution >= 0.6 is 0 Å². The Labute approximate surface area is 90.2 Å². The van der Waals surface area contributed by atoms with E-state index in [1.54, 1.807) is 0 Å². The van der Waals surface area contributed by atoms with E-state index in [-0.39, 0.29) is 61.2 Å². The Hall–Kier alpha value is -0.213. The van der Waals surface area contributed by atoms with Gasteiger partial charge in [-0.1, -0.05) is 0 Å². The molecule has 0 aromatic heterocycles. The predicted molar refractivity (Wildman–Crippen MR) is 26.1 cm³/mol. The molecule has 0 unspecified atom stereocenters. The van der Waals surface area contributed by atoms with Crippen molar-refractivity contribution in [1.29, 1.82) is 0 Å². The Morgan fingerprint density at radius 2 is 0.700 bits per heavy atom. The molecule has 0 heterocycles. The molecule has 58 valence electrons. The number of rotatable bonds is 0. The number of hydrogen-bond acceptors (Lipinski definition) is 3. The third kappa shape index (κ3) is 7880. The van der Waals surface area contributed by atoms with Gasteiger partial charge in [0.1, 0.15) is 0 Å². The van der Waals surface area contributed by atoms with Crippen LogP contribution in [0.4, 0.5) is 0 Å². The van der Waals surface area contributed by atoms with Crippen LogP contribution in [0.3, 0.4) is 0 Å². The molecular formula is C3H6CeO6. The number of hydrogen-bond donors (Lipinski definition) is 3. The van der Waals surface area contributed by atoms with Gasteiger partial charge in [-0.05, 0) is 0 Å². The molecule has 0 atom stereocenters. The summed E-state index contributed by atoms with van der Waals surface area (Å²) in [6, 6.07) is 0. The van der Waals surface area contributed by atoms with Gasteiger partial charge < -0.3 is 15.3 Å². The summed E-state index contributed by atoms with van der Waals surface area (Å²) in [5, 5.41) is 20.7. The van der Waals surface area contributed by atoms with Gasteiger partial charge in [0.15, 0.2) is 0 Å². The maximum Gasteiger partial charge on any atom is 0.290 e. The fraction of sp³-hybridized carbons (Fsp3) is 0. The molecule has 0 spiro atoms. The third-order valence-corrected chi connectivity index (χ3v) is 0. The van der Waals surface area contributed by atoms with Gasteiger partial charge in [-0.15, -0.1) is 0 Å². The van der Waals surface area contributed by atoms with Crippen LogP contribution in [0.5, 0.6) is 0 Å². The first-order valence-electron chi connectivity index (χ1n) is 1.48. The monoisotopic (exact) mass is 278 g/mol. The van der Waals surface area contributed by atoms with Crippen LogP contribution in [-0.4, -0.2) is 34.7 Å². The quantitative estimate of drug-likeness (QED) is 0.495. The van der Waals surface area contributed by atoms with Gasteiger partial charge in [0.25, 0.3) is 19.4 Å². The number of carboxylic acid groups (broad SMARTS) is 3. The van der Waals surface area contributed by atoms with E-state index in [4.69, 9.17) is 29.7 Å². The van der Waals surface area contributed by atoms with Crippen molar-refractivity contribution in [3.8, 4) is 0 Å². The smallest absolute Gasteiger partial charge is 0.290 e. The standard InChI is InChI=1S/3CH2O2.Ce/c3*2-1-3;/h3*1H,(H,2,3);. The molecule has 0 aliphatic heterocycles. The summed E-state index contributed by atoms with van der Waals surface area (Å²) in [5.74, 6) is 0. The van der Waals surface area contributed by atoms with Crippen molar-refractivity contribution in [2.45, 2.75) is 0 Å². The molecule has 0 aliphatic carbocycles. The molecule has 0 rings (SSSR count). The second-order valence-electron chi connectivity index (χ2n) is 0.316. The molecule has 0 fully saturated rings. The van der Waals surface area contributed by atoms with Gasteiger partial charge in [0.05, 0.1) is 0 Å². The Kier molecular flexibility index (Phi) is 155. The van der Waals surface area contributed by atoms with Crippen LogP contribution in [0.25, 0.3) is 0 Å². The van der Waals surface area contributed by atoms with E-state index in [0.717, 1.165) is 0 Å². The van der Waals surface area contributed by atoms with Crippen LogP contribution in [0.15, 0.2) is 0 Å². The summed E-state index contributed by atoms with van der Waals surface area (Å²) in [6.07, 6.45) is 0. The molecule has 0 bridgehead atoms. The van der Waals surface area contributed by atoms with Crippen LogP contribution in [0.1, 0.15) is 0 Å². The van der Waals surface area contributed by atoms with Crippen LogP contribution in [0.2, 0.25) is 0 Å². The van der Waals surface area contributed by atoms with E-state index in [1.807, 2.05) is 0 Å². The molecule has 0 saturated heterocycles. The molecule has 0 amide bonds. The fourth-order valence-corrected chi connectivity index (χ4v) is 0.